The molecule has 0 amide bonds. The summed E-state index contributed by atoms with van der Waals surface area (Å²) in [4.78, 5) is 5.71. The number of nitrogens with zero attached hydrogens (tertiary/aromatic N) is 1. The van der Waals surface area contributed by atoms with Crippen molar-refractivity contribution in [1.82, 2.24) is 10.3 Å². The molecule has 0 aliphatic heterocycles. The minimum absolute atomic E-state index is 0.385. The van der Waals surface area contributed by atoms with E-state index in [2.05, 4.69) is 57.6 Å². The molecular formula is C15H19BrN2S. The van der Waals surface area contributed by atoms with Crippen molar-refractivity contribution in [2.24, 2.45) is 0 Å². The molecular weight excluding hydrogens is 320 g/mol. The van der Waals surface area contributed by atoms with Gasteiger partial charge in [0.05, 0.1) is 0 Å². The number of aromatic nitrogens is 1. The third-order valence-electron chi connectivity index (χ3n) is 3.13. The van der Waals surface area contributed by atoms with Crippen LogP contribution in [0.2, 0.25) is 0 Å². The lowest BCUT2D eigenvalue weighted by atomic mass is 10.0. The Morgan fingerprint density at radius 2 is 2.21 bits per heavy atom. The maximum atomic E-state index is 4.25. The standard InChI is InChI=1S/C15H19BrN2S/c1-3-12-5-6-19-15(12)14(18-4-2)8-11-7-13(16)10-17-9-11/h5-7,9-10,14,18H,3-4,8H2,1-2H3. The molecule has 19 heavy (non-hydrogen) atoms. The van der Waals surface area contributed by atoms with E-state index in [-0.39, 0.29) is 0 Å². The highest BCUT2D eigenvalue weighted by Crippen LogP contribution is 2.28. The first-order valence-corrected chi connectivity index (χ1v) is 8.31. The Kier molecular flexibility index (Phi) is 5.55. The maximum absolute atomic E-state index is 4.25. The predicted molar refractivity (Wildman–Crippen MR) is 85.8 cm³/mol. The number of hydrogen-bond acceptors (Lipinski definition) is 3. The van der Waals surface area contributed by atoms with E-state index in [1.165, 1.54) is 16.0 Å². The smallest absolute Gasteiger partial charge is 0.0458 e. The summed E-state index contributed by atoms with van der Waals surface area (Å²) in [6.45, 7) is 5.35. The van der Waals surface area contributed by atoms with Gasteiger partial charge in [-0.05, 0) is 64.0 Å². The van der Waals surface area contributed by atoms with E-state index < -0.39 is 0 Å². The molecule has 0 saturated carbocycles. The van der Waals surface area contributed by atoms with Crippen molar-refractivity contribution in [3.8, 4) is 0 Å². The van der Waals surface area contributed by atoms with Crippen molar-refractivity contribution in [3.63, 3.8) is 0 Å². The van der Waals surface area contributed by atoms with Crippen molar-refractivity contribution >= 4 is 27.3 Å². The van der Waals surface area contributed by atoms with Crippen LogP contribution in [0.1, 0.15) is 35.9 Å². The number of thiophene rings is 1. The van der Waals surface area contributed by atoms with Crippen molar-refractivity contribution in [2.75, 3.05) is 6.54 Å². The molecule has 2 heterocycles. The number of hydrogen-bond donors (Lipinski definition) is 1. The summed E-state index contributed by atoms with van der Waals surface area (Å²) in [7, 11) is 0. The molecule has 2 aromatic rings. The molecule has 2 aromatic heterocycles. The van der Waals surface area contributed by atoms with Gasteiger partial charge in [-0.3, -0.25) is 4.98 Å². The number of rotatable bonds is 6. The zero-order chi connectivity index (χ0) is 13.7. The second-order valence-electron chi connectivity index (χ2n) is 4.49. The van der Waals surface area contributed by atoms with Gasteiger partial charge in [-0.25, -0.2) is 0 Å². The summed E-state index contributed by atoms with van der Waals surface area (Å²) in [5.41, 5.74) is 2.72. The quantitative estimate of drug-likeness (QED) is 0.846. The second-order valence-corrected chi connectivity index (χ2v) is 6.35. The first-order valence-electron chi connectivity index (χ1n) is 6.63. The molecule has 0 aliphatic rings. The van der Waals surface area contributed by atoms with Crippen LogP contribution in [0.5, 0.6) is 0 Å². The van der Waals surface area contributed by atoms with Crippen LogP contribution in [0.4, 0.5) is 0 Å². The molecule has 0 aliphatic carbocycles. The molecule has 1 N–H and O–H groups in total. The Morgan fingerprint density at radius 1 is 1.37 bits per heavy atom. The molecule has 0 bridgehead atoms. The molecule has 0 aromatic carbocycles. The predicted octanol–water partition coefficient (Wildman–Crippen LogP) is 4.36. The van der Waals surface area contributed by atoms with Crippen LogP contribution in [-0.4, -0.2) is 11.5 Å². The van der Waals surface area contributed by atoms with Gasteiger partial charge < -0.3 is 5.32 Å². The second kappa shape index (κ2) is 7.17. The zero-order valence-electron chi connectivity index (χ0n) is 11.3. The average molecular weight is 339 g/mol. The summed E-state index contributed by atoms with van der Waals surface area (Å²) >= 11 is 5.34. The lowest BCUT2D eigenvalue weighted by Gasteiger charge is -2.18. The minimum Gasteiger partial charge on any atom is -0.309 e. The van der Waals surface area contributed by atoms with Crippen LogP contribution in [-0.2, 0) is 12.8 Å². The van der Waals surface area contributed by atoms with Crippen LogP contribution < -0.4 is 5.32 Å². The van der Waals surface area contributed by atoms with Crippen LogP contribution in [0.25, 0.3) is 0 Å². The van der Waals surface area contributed by atoms with Crippen LogP contribution in [0.15, 0.2) is 34.4 Å². The van der Waals surface area contributed by atoms with Crippen molar-refractivity contribution < 1.29 is 0 Å². The Hall–Kier alpha value is -0.710. The summed E-state index contributed by atoms with van der Waals surface area (Å²) in [6.07, 6.45) is 5.86. The topological polar surface area (TPSA) is 24.9 Å². The number of likely N-dealkylation sites (N-methyl/N-ethyl adjacent to an activating group) is 1. The fourth-order valence-corrected chi connectivity index (χ4v) is 3.74. The minimum atomic E-state index is 0.385. The SMILES string of the molecule is CCNC(Cc1cncc(Br)c1)c1sccc1CC. The fraction of sp³-hybridized carbons (Fsp3) is 0.400. The lowest BCUT2D eigenvalue weighted by molar-refractivity contribution is 0.554. The lowest BCUT2D eigenvalue weighted by Crippen LogP contribution is -2.23. The van der Waals surface area contributed by atoms with Gasteiger partial charge in [0.1, 0.15) is 0 Å². The van der Waals surface area contributed by atoms with E-state index in [4.69, 9.17) is 0 Å². The van der Waals surface area contributed by atoms with E-state index in [9.17, 15) is 0 Å². The van der Waals surface area contributed by atoms with E-state index in [1.807, 2.05) is 23.7 Å². The van der Waals surface area contributed by atoms with Gasteiger partial charge in [0.25, 0.3) is 0 Å². The number of halogens is 1. The van der Waals surface area contributed by atoms with Gasteiger partial charge in [0.2, 0.25) is 0 Å². The van der Waals surface area contributed by atoms with E-state index in [1.54, 1.807) is 0 Å². The monoisotopic (exact) mass is 338 g/mol. The van der Waals surface area contributed by atoms with Crippen LogP contribution >= 0.6 is 27.3 Å². The molecule has 2 rings (SSSR count). The molecule has 0 radical (unpaired) electrons. The van der Waals surface area contributed by atoms with E-state index in [0.29, 0.717) is 6.04 Å². The normalized spacial score (nSPS) is 12.6. The molecule has 4 heteroatoms. The third-order valence-corrected chi connectivity index (χ3v) is 4.64. The fourth-order valence-electron chi connectivity index (χ4n) is 2.25. The van der Waals surface area contributed by atoms with Crippen LogP contribution in [0.3, 0.4) is 0 Å². The van der Waals surface area contributed by atoms with Gasteiger partial charge in [-0.1, -0.05) is 13.8 Å². The van der Waals surface area contributed by atoms with Gasteiger partial charge in [-0.2, -0.15) is 0 Å². The summed E-state index contributed by atoms with van der Waals surface area (Å²) in [5, 5.41) is 5.79. The van der Waals surface area contributed by atoms with E-state index >= 15 is 0 Å². The number of nitrogens with one attached hydrogen (secondary N) is 1. The molecule has 2 nitrogen and oxygen atoms in total. The largest absolute Gasteiger partial charge is 0.309 e. The molecule has 0 spiro atoms. The Labute approximate surface area is 127 Å². The van der Waals surface area contributed by atoms with Gasteiger partial charge in [0.15, 0.2) is 0 Å². The zero-order valence-corrected chi connectivity index (χ0v) is 13.7. The van der Waals surface area contributed by atoms with Crippen LogP contribution in [0, 0.1) is 0 Å². The van der Waals surface area contributed by atoms with E-state index in [0.717, 1.165) is 23.9 Å². The first kappa shape index (κ1) is 14.7. The highest BCUT2D eigenvalue weighted by Gasteiger charge is 2.16. The molecule has 0 fully saturated rings. The maximum Gasteiger partial charge on any atom is 0.0458 e. The van der Waals surface area contributed by atoms with Gasteiger partial charge >= 0.3 is 0 Å². The Balaban J connectivity index is 2.21. The number of aryl methyl sites for hydroxylation is 1. The van der Waals surface area contributed by atoms with Crippen molar-refractivity contribution in [1.29, 1.82) is 0 Å². The molecule has 1 atom stereocenters. The van der Waals surface area contributed by atoms with Crippen molar-refractivity contribution in [2.45, 2.75) is 32.7 Å². The summed E-state index contributed by atoms with van der Waals surface area (Å²) in [5.74, 6) is 0. The molecule has 1 unspecified atom stereocenters. The third kappa shape index (κ3) is 3.88. The average Bonchev–Trinajstić information content (AvgIpc) is 2.86. The Morgan fingerprint density at radius 3 is 2.89 bits per heavy atom. The Bertz CT molecular complexity index is 524. The van der Waals surface area contributed by atoms with Crippen molar-refractivity contribution in [3.05, 3.63) is 50.4 Å². The van der Waals surface area contributed by atoms with Gasteiger partial charge in [0, 0.05) is 27.8 Å². The summed E-state index contributed by atoms with van der Waals surface area (Å²) < 4.78 is 1.04. The van der Waals surface area contributed by atoms with Gasteiger partial charge in [-0.15, -0.1) is 11.3 Å². The molecule has 0 saturated heterocycles. The summed E-state index contributed by atoms with van der Waals surface area (Å²) in [6, 6.07) is 4.77. The number of pyridine rings is 1. The first-order chi connectivity index (χ1) is 9.24. The highest BCUT2D eigenvalue weighted by molar-refractivity contribution is 9.10. The highest BCUT2D eigenvalue weighted by atomic mass is 79.9. The molecule has 102 valence electrons.